The van der Waals surface area contributed by atoms with Gasteiger partial charge in [-0.05, 0) is 42.3 Å². The SMILES string of the molecule is CCOC(=O)CCC(=O)N1CCN(CC(OCc2ccc(C(=O)OC)cc2)c2ccc(Cl)cc2)CC1. The molecule has 0 saturated carbocycles. The average molecular weight is 517 g/mol. The highest BCUT2D eigenvalue weighted by atomic mass is 35.5. The molecule has 1 heterocycles. The number of nitrogens with zero attached hydrogens (tertiary/aromatic N) is 2. The Morgan fingerprint density at radius 2 is 1.61 bits per heavy atom. The monoisotopic (exact) mass is 516 g/mol. The quantitative estimate of drug-likeness (QED) is 0.419. The van der Waals surface area contributed by atoms with Gasteiger partial charge in [0.2, 0.25) is 5.91 Å². The molecule has 1 unspecified atom stereocenters. The largest absolute Gasteiger partial charge is 0.466 e. The van der Waals surface area contributed by atoms with E-state index in [1.807, 2.05) is 36.4 Å². The van der Waals surface area contributed by atoms with E-state index >= 15 is 0 Å². The summed E-state index contributed by atoms with van der Waals surface area (Å²) < 4.78 is 16.0. The maximum Gasteiger partial charge on any atom is 0.337 e. The molecule has 9 heteroatoms. The maximum atomic E-state index is 12.5. The van der Waals surface area contributed by atoms with Gasteiger partial charge in [-0.25, -0.2) is 4.79 Å². The summed E-state index contributed by atoms with van der Waals surface area (Å²) >= 11 is 6.09. The number of hydrogen-bond donors (Lipinski definition) is 0. The Kier molecular flexibility index (Phi) is 10.7. The molecule has 1 amide bonds. The molecule has 0 bridgehead atoms. The molecule has 2 aromatic rings. The second-order valence-corrected chi connectivity index (χ2v) is 8.96. The molecule has 1 fully saturated rings. The number of rotatable bonds is 11. The van der Waals surface area contributed by atoms with Gasteiger partial charge in [0.25, 0.3) is 0 Å². The highest BCUT2D eigenvalue weighted by Gasteiger charge is 2.24. The van der Waals surface area contributed by atoms with Crippen molar-refractivity contribution in [2.24, 2.45) is 0 Å². The summed E-state index contributed by atoms with van der Waals surface area (Å²) in [6.07, 6.45) is 0.0815. The van der Waals surface area contributed by atoms with Crippen LogP contribution in [0.3, 0.4) is 0 Å². The molecule has 2 aromatic carbocycles. The number of methoxy groups -OCH3 is 1. The lowest BCUT2D eigenvalue weighted by Crippen LogP contribution is -2.49. The van der Waals surface area contributed by atoms with Crippen LogP contribution >= 0.6 is 11.6 Å². The van der Waals surface area contributed by atoms with Crippen molar-refractivity contribution in [3.05, 3.63) is 70.2 Å². The number of amides is 1. The van der Waals surface area contributed by atoms with Crippen molar-refractivity contribution in [3.8, 4) is 0 Å². The third-order valence-corrected chi connectivity index (χ3v) is 6.32. The van der Waals surface area contributed by atoms with Crippen molar-refractivity contribution >= 4 is 29.4 Å². The first kappa shape index (κ1) is 27.6. The van der Waals surface area contributed by atoms with Crippen LogP contribution in [0.25, 0.3) is 0 Å². The molecule has 3 rings (SSSR count). The molecule has 1 atom stereocenters. The third kappa shape index (κ3) is 8.33. The van der Waals surface area contributed by atoms with Crippen molar-refractivity contribution in [3.63, 3.8) is 0 Å². The Morgan fingerprint density at radius 3 is 2.22 bits per heavy atom. The Morgan fingerprint density at radius 1 is 0.944 bits per heavy atom. The molecule has 0 aliphatic carbocycles. The number of piperazine rings is 1. The van der Waals surface area contributed by atoms with Gasteiger partial charge in [-0.3, -0.25) is 14.5 Å². The van der Waals surface area contributed by atoms with Gasteiger partial charge < -0.3 is 19.1 Å². The van der Waals surface area contributed by atoms with Gasteiger partial charge in [0.15, 0.2) is 0 Å². The minimum Gasteiger partial charge on any atom is -0.466 e. The van der Waals surface area contributed by atoms with Crippen LogP contribution in [-0.4, -0.2) is 74.1 Å². The van der Waals surface area contributed by atoms with Gasteiger partial charge in [-0.1, -0.05) is 35.9 Å². The van der Waals surface area contributed by atoms with Crippen LogP contribution in [0.2, 0.25) is 5.02 Å². The predicted octanol–water partition coefficient (Wildman–Crippen LogP) is 3.87. The number of carbonyl (C=O) groups excluding carboxylic acids is 3. The summed E-state index contributed by atoms with van der Waals surface area (Å²) in [4.78, 5) is 39.7. The molecule has 0 spiro atoms. The van der Waals surface area contributed by atoms with Gasteiger partial charge in [-0.15, -0.1) is 0 Å². The second-order valence-electron chi connectivity index (χ2n) is 8.53. The summed E-state index contributed by atoms with van der Waals surface area (Å²) in [5.41, 5.74) is 2.45. The third-order valence-electron chi connectivity index (χ3n) is 6.07. The molecule has 1 saturated heterocycles. The van der Waals surface area contributed by atoms with Crippen LogP contribution in [-0.2, 0) is 30.4 Å². The fraction of sp³-hybridized carbons (Fsp3) is 0.444. The number of carbonyl (C=O) groups is 3. The highest BCUT2D eigenvalue weighted by molar-refractivity contribution is 6.30. The van der Waals surface area contributed by atoms with E-state index in [0.29, 0.717) is 56.5 Å². The number of hydrogen-bond acceptors (Lipinski definition) is 7. The summed E-state index contributed by atoms with van der Waals surface area (Å²) in [5, 5.41) is 0.658. The molecule has 0 aromatic heterocycles. The summed E-state index contributed by atoms with van der Waals surface area (Å²) in [7, 11) is 1.36. The lowest BCUT2D eigenvalue weighted by molar-refractivity contribution is -0.146. The number of esters is 2. The van der Waals surface area contributed by atoms with E-state index in [2.05, 4.69) is 4.90 Å². The van der Waals surface area contributed by atoms with Crippen molar-refractivity contribution in [2.45, 2.75) is 32.5 Å². The lowest BCUT2D eigenvalue weighted by Gasteiger charge is -2.36. The van der Waals surface area contributed by atoms with Gasteiger partial charge in [0, 0.05) is 44.2 Å². The van der Waals surface area contributed by atoms with E-state index in [1.165, 1.54) is 7.11 Å². The molecule has 0 radical (unpaired) electrons. The minimum absolute atomic E-state index is 0.0244. The van der Waals surface area contributed by atoms with E-state index in [4.69, 9.17) is 25.8 Å². The van der Waals surface area contributed by atoms with Crippen molar-refractivity contribution in [2.75, 3.05) is 46.4 Å². The zero-order valence-electron chi connectivity index (χ0n) is 20.8. The molecular formula is C27H33ClN2O6. The van der Waals surface area contributed by atoms with Crippen molar-refractivity contribution in [1.29, 1.82) is 0 Å². The van der Waals surface area contributed by atoms with Crippen LogP contribution in [0.4, 0.5) is 0 Å². The number of halogens is 1. The summed E-state index contributed by atoms with van der Waals surface area (Å²) in [6, 6.07) is 14.8. The summed E-state index contributed by atoms with van der Waals surface area (Å²) in [5.74, 6) is -0.740. The fourth-order valence-electron chi connectivity index (χ4n) is 4.00. The average Bonchev–Trinajstić information content (AvgIpc) is 2.90. The maximum absolute atomic E-state index is 12.5. The van der Waals surface area contributed by atoms with Crippen molar-refractivity contribution in [1.82, 2.24) is 9.80 Å². The highest BCUT2D eigenvalue weighted by Crippen LogP contribution is 2.23. The molecule has 8 nitrogen and oxygen atoms in total. The number of benzene rings is 2. The molecule has 1 aliphatic heterocycles. The zero-order valence-corrected chi connectivity index (χ0v) is 21.5. The van der Waals surface area contributed by atoms with E-state index in [9.17, 15) is 14.4 Å². The smallest absolute Gasteiger partial charge is 0.337 e. The predicted molar refractivity (Wildman–Crippen MR) is 136 cm³/mol. The Balaban J connectivity index is 1.56. The topological polar surface area (TPSA) is 85.4 Å². The lowest BCUT2D eigenvalue weighted by atomic mass is 10.1. The first-order valence-corrected chi connectivity index (χ1v) is 12.5. The first-order chi connectivity index (χ1) is 17.4. The van der Waals surface area contributed by atoms with Crippen LogP contribution in [0.15, 0.2) is 48.5 Å². The zero-order chi connectivity index (χ0) is 25.9. The van der Waals surface area contributed by atoms with Crippen LogP contribution in [0.5, 0.6) is 0 Å². The fourth-order valence-corrected chi connectivity index (χ4v) is 4.12. The molecule has 194 valence electrons. The van der Waals surface area contributed by atoms with E-state index in [-0.39, 0.29) is 36.8 Å². The molecule has 0 N–H and O–H groups in total. The van der Waals surface area contributed by atoms with Gasteiger partial charge in [-0.2, -0.15) is 0 Å². The van der Waals surface area contributed by atoms with E-state index in [1.54, 1.807) is 24.0 Å². The molecular weight excluding hydrogens is 484 g/mol. The Hall–Kier alpha value is -2.94. The van der Waals surface area contributed by atoms with E-state index in [0.717, 1.165) is 11.1 Å². The molecule has 1 aliphatic rings. The minimum atomic E-state index is -0.375. The number of ether oxygens (including phenoxy) is 3. The van der Waals surface area contributed by atoms with Crippen molar-refractivity contribution < 1.29 is 28.6 Å². The van der Waals surface area contributed by atoms with E-state index < -0.39 is 0 Å². The van der Waals surface area contributed by atoms with Gasteiger partial charge in [0.1, 0.15) is 0 Å². The van der Waals surface area contributed by atoms with Crippen LogP contribution in [0.1, 0.15) is 47.4 Å². The van der Waals surface area contributed by atoms with Gasteiger partial charge in [0.05, 0.1) is 38.4 Å². The first-order valence-electron chi connectivity index (χ1n) is 12.1. The standard InChI is InChI=1S/C27H33ClN2O6/c1-3-35-26(32)13-12-25(31)30-16-14-29(15-17-30)18-24(21-8-10-23(28)11-9-21)36-19-20-4-6-22(7-5-20)27(33)34-2/h4-11,24H,3,12-19H2,1-2H3. The van der Waals surface area contributed by atoms with Crippen LogP contribution in [0, 0.1) is 0 Å². The van der Waals surface area contributed by atoms with Crippen LogP contribution < -0.4 is 0 Å². The van der Waals surface area contributed by atoms with Gasteiger partial charge >= 0.3 is 11.9 Å². The summed E-state index contributed by atoms with van der Waals surface area (Å²) in [6.45, 7) is 5.74. The Labute approximate surface area is 217 Å². The molecule has 36 heavy (non-hydrogen) atoms. The normalized spacial score (nSPS) is 14.8. The second kappa shape index (κ2) is 14.0. The Bertz CT molecular complexity index is 1000.